The molecular weight excluding hydrogens is 224 g/mol. The molecule has 2 heterocycles. The van der Waals surface area contributed by atoms with Crippen molar-refractivity contribution in [1.29, 1.82) is 0 Å². The molecule has 2 fully saturated rings. The van der Waals surface area contributed by atoms with E-state index >= 15 is 0 Å². The van der Waals surface area contributed by atoms with Crippen molar-refractivity contribution in [3.05, 3.63) is 0 Å². The normalized spacial score (nSPS) is 33.5. The third-order valence-electron chi connectivity index (χ3n) is 4.72. The van der Waals surface area contributed by atoms with E-state index in [0.717, 1.165) is 13.2 Å². The van der Waals surface area contributed by atoms with Crippen LogP contribution in [0.25, 0.3) is 0 Å². The summed E-state index contributed by atoms with van der Waals surface area (Å²) in [5, 5.41) is 3.51. The summed E-state index contributed by atoms with van der Waals surface area (Å²) >= 11 is 0. The summed E-state index contributed by atoms with van der Waals surface area (Å²) in [4.78, 5) is 2.68. The van der Waals surface area contributed by atoms with Gasteiger partial charge in [-0.25, -0.2) is 0 Å². The van der Waals surface area contributed by atoms with Gasteiger partial charge >= 0.3 is 0 Å². The maximum atomic E-state index is 5.75. The van der Waals surface area contributed by atoms with Gasteiger partial charge in [0.05, 0.1) is 12.7 Å². The molecule has 0 bridgehead atoms. The van der Waals surface area contributed by atoms with Gasteiger partial charge in [0, 0.05) is 19.1 Å². The number of morpholine rings is 1. The van der Waals surface area contributed by atoms with Gasteiger partial charge in [0.1, 0.15) is 0 Å². The van der Waals surface area contributed by atoms with Crippen molar-refractivity contribution in [2.45, 2.75) is 58.6 Å². The van der Waals surface area contributed by atoms with Crippen LogP contribution in [0.5, 0.6) is 0 Å². The fourth-order valence-electron chi connectivity index (χ4n) is 3.60. The Labute approximate surface area is 112 Å². The molecule has 106 valence electrons. The van der Waals surface area contributed by atoms with E-state index in [2.05, 4.69) is 31.0 Å². The molecular formula is C15H30N2O. The van der Waals surface area contributed by atoms with Crippen LogP contribution in [0.1, 0.15) is 46.5 Å². The highest BCUT2D eigenvalue weighted by Gasteiger charge is 2.35. The fraction of sp³-hybridized carbons (Fsp3) is 1.00. The second kappa shape index (κ2) is 6.36. The van der Waals surface area contributed by atoms with Crippen molar-refractivity contribution >= 4 is 0 Å². The Kier molecular flexibility index (Phi) is 5.05. The van der Waals surface area contributed by atoms with Crippen LogP contribution in [0.15, 0.2) is 0 Å². The van der Waals surface area contributed by atoms with Gasteiger partial charge in [0.25, 0.3) is 0 Å². The number of hydrogen-bond donors (Lipinski definition) is 1. The van der Waals surface area contributed by atoms with Crippen molar-refractivity contribution in [1.82, 2.24) is 10.2 Å². The predicted molar refractivity (Wildman–Crippen MR) is 75.9 cm³/mol. The maximum absolute atomic E-state index is 5.75. The van der Waals surface area contributed by atoms with Gasteiger partial charge in [-0.1, -0.05) is 13.3 Å². The van der Waals surface area contributed by atoms with Crippen molar-refractivity contribution < 1.29 is 4.74 Å². The molecule has 0 aromatic rings. The molecule has 2 unspecified atom stereocenters. The number of piperidine rings is 1. The molecule has 0 radical (unpaired) electrons. The van der Waals surface area contributed by atoms with Gasteiger partial charge in [-0.3, -0.25) is 4.90 Å². The van der Waals surface area contributed by atoms with Crippen molar-refractivity contribution in [2.75, 3.05) is 32.8 Å². The van der Waals surface area contributed by atoms with E-state index in [9.17, 15) is 0 Å². The Hall–Kier alpha value is -0.120. The highest BCUT2D eigenvalue weighted by molar-refractivity contribution is 4.89. The minimum atomic E-state index is 0.404. The Balaban J connectivity index is 1.98. The third-order valence-corrected chi connectivity index (χ3v) is 4.72. The van der Waals surface area contributed by atoms with Gasteiger partial charge in [-0.15, -0.1) is 0 Å². The summed E-state index contributed by atoms with van der Waals surface area (Å²) in [5.41, 5.74) is 0.561. The lowest BCUT2D eigenvalue weighted by atomic mass is 9.74. The molecule has 1 N–H and O–H groups in total. The molecule has 0 aliphatic carbocycles. The minimum Gasteiger partial charge on any atom is -0.376 e. The summed E-state index contributed by atoms with van der Waals surface area (Å²) in [5.74, 6) is 0. The smallest absolute Gasteiger partial charge is 0.0674 e. The SMILES string of the molecule is CCCC1(CN2CC(C)OCC2C)CCNCC1. The van der Waals surface area contributed by atoms with E-state index in [1.165, 1.54) is 45.3 Å². The largest absolute Gasteiger partial charge is 0.376 e. The van der Waals surface area contributed by atoms with Crippen molar-refractivity contribution in [3.8, 4) is 0 Å². The average Bonchev–Trinajstić information content (AvgIpc) is 2.35. The number of ether oxygens (including phenoxy) is 1. The topological polar surface area (TPSA) is 24.5 Å². The standard InChI is InChI=1S/C15H30N2O/c1-4-5-15(6-8-16-9-7-15)12-17-10-14(3)18-11-13(17)2/h13-14,16H,4-12H2,1-3H3. The highest BCUT2D eigenvalue weighted by atomic mass is 16.5. The van der Waals surface area contributed by atoms with Crippen LogP contribution in [0.4, 0.5) is 0 Å². The van der Waals surface area contributed by atoms with E-state index in [4.69, 9.17) is 4.74 Å². The van der Waals surface area contributed by atoms with E-state index in [-0.39, 0.29) is 0 Å². The van der Waals surface area contributed by atoms with Crippen LogP contribution >= 0.6 is 0 Å². The monoisotopic (exact) mass is 254 g/mol. The molecule has 0 aromatic heterocycles. The van der Waals surface area contributed by atoms with E-state index in [1.54, 1.807) is 0 Å². The second-order valence-electron chi connectivity index (χ2n) is 6.42. The maximum Gasteiger partial charge on any atom is 0.0674 e. The highest BCUT2D eigenvalue weighted by Crippen LogP contribution is 2.36. The molecule has 18 heavy (non-hydrogen) atoms. The van der Waals surface area contributed by atoms with Gasteiger partial charge in [-0.2, -0.15) is 0 Å². The molecule has 2 aliphatic heterocycles. The van der Waals surface area contributed by atoms with Crippen LogP contribution < -0.4 is 5.32 Å². The van der Waals surface area contributed by atoms with E-state index in [1.807, 2.05) is 0 Å². The number of hydrogen-bond acceptors (Lipinski definition) is 3. The third kappa shape index (κ3) is 3.46. The summed E-state index contributed by atoms with van der Waals surface area (Å²) < 4.78 is 5.75. The molecule has 0 saturated carbocycles. The molecule has 3 heteroatoms. The van der Waals surface area contributed by atoms with Gasteiger partial charge in [-0.05, 0) is 51.6 Å². The molecule has 2 atom stereocenters. The zero-order valence-corrected chi connectivity index (χ0v) is 12.4. The number of rotatable bonds is 4. The lowest BCUT2D eigenvalue weighted by molar-refractivity contribution is -0.0674. The van der Waals surface area contributed by atoms with Gasteiger partial charge in [0.2, 0.25) is 0 Å². The first-order valence-electron chi connectivity index (χ1n) is 7.71. The zero-order chi connectivity index (χ0) is 13.0. The van der Waals surface area contributed by atoms with Crippen molar-refractivity contribution in [3.63, 3.8) is 0 Å². The lowest BCUT2D eigenvalue weighted by Gasteiger charge is -2.46. The van der Waals surface area contributed by atoms with Crippen LogP contribution in [0.3, 0.4) is 0 Å². The minimum absolute atomic E-state index is 0.404. The summed E-state index contributed by atoms with van der Waals surface area (Å²) in [6, 6.07) is 0.588. The lowest BCUT2D eigenvalue weighted by Crippen LogP contribution is -2.53. The molecule has 2 saturated heterocycles. The predicted octanol–water partition coefficient (Wildman–Crippen LogP) is 2.27. The molecule has 0 aromatic carbocycles. The Morgan fingerprint density at radius 3 is 2.67 bits per heavy atom. The van der Waals surface area contributed by atoms with Crippen LogP contribution in [0.2, 0.25) is 0 Å². The first-order chi connectivity index (χ1) is 8.65. The first-order valence-corrected chi connectivity index (χ1v) is 7.71. The van der Waals surface area contributed by atoms with Crippen LogP contribution in [-0.4, -0.2) is 49.8 Å². The van der Waals surface area contributed by atoms with E-state index < -0.39 is 0 Å². The van der Waals surface area contributed by atoms with Gasteiger partial charge < -0.3 is 10.1 Å². The molecule has 2 aliphatic rings. The molecule has 3 nitrogen and oxygen atoms in total. The summed E-state index contributed by atoms with van der Waals surface area (Å²) in [6.45, 7) is 12.5. The molecule has 0 amide bonds. The Morgan fingerprint density at radius 1 is 1.28 bits per heavy atom. The fourth-order valence-corrected chi connectivity index (χ4v) is 3.60. The van der Waals surface area contributed by atoms with Gasteiger partial charge in [0.15, 0.2) is 0 Å². The Bertz CT molecular complexity index is 245. The average molecular weight is 254 g/mol. The quantitative estimate of drug-likeness (QED) is 0.833. The number of nitrogens with zero attached hydrogens (tertiary/aromatic N) is 1. The summed E-state index contributed by atoms with van der Waals surface area (Å²) in [6.07, 6.45) is 5.79. The van der Waals surface area contributed by atoms with E-state index in [0.29, 0.717) is 17.6 Å². The molecule has 0 spiro atoms. The van der Waals surface area contributed by atoms with Crippen molar-refractivity contribution in [2.24, 2.45) is 5.41 Å². The number of nitrogens with one attached hydrogen (secondary N) is 1. The first kappa shape index (κ1) is 14.3. The summed E-state index contributed by atoms with van der Waals surface area (Å²) in [7, 11) is 0. The molecule has 2 rings (SSSR count). The second-order valence-corrected chi connectivity index (χ2v) is 6.42. The zero-order valence-electron chi connectivity index (χ0n) is 12.4. The van der Waals surface area contributed by atoms with Crippen LogP contribution in [-0.2, 0) is 4.74 Å². The Morgan fingerprint density at radius 2 is 2.00 bits per heavy atom. The van der Waals surface area contributed by atoms with Crippen LogP contribution in [0, 0.1) is 5.41 Å².